The van der Waals surface area contributed by atoms with Crippen molar-refractivity contribution in [3.05, 3.63) is 103 Å². The minimum Gasteiger partial charge on any atom is -0.351 e. The second-order valence-corrected chi connectivity index (χ2v) is 7.77. The fourth-order valence-electron chi connectivity index (χ4n) is 3.08. The Morgan fingerprint density at radius 1 is 0.967 bits per heavy atom. The molecule has 5 nitrogen and oxygen atoms in total. The van der Waals surface area contributed by atoms with Crippen molar-refractivity contribution >= 4 is 17.7 Å². The number of benzene rings is 2. The first-order chi connectivity index (χ1) is 14.8. The van der Waals surface area contributed by atoms with E-state index in [2.05, 4.69) is 10.3 Å². The van der Waals surface area contributed by atoms with Gasteiger partial charge in [0.15, 0.2) is 0 Å². The second-order valence-electron chi connectivity index (χ2n) is 6.78. The number of para-hydroxylation sites is 1. The summed E-state index contributed by atoms with van der Waals surface area (Å²) in [6.07, 6.45) is 5.57. The zero-order valence-corrected chi connectivity index (χ0v) is 17.3. The summed E-state index contributed by atoms with van der Waals surface area (Å²) < 4.78 is 1.86. The van der Waals surface area contributed by atoms with E-state index in [-0.39, 0.29) is 5.91 Å². The number of rotatable bonds is 8. The van der Waals surface area contributed by atoms with Gasteiger partial charge < -0.3 is 5.32 Å². The van der Waals surface area contributed by atoms with Crippen LogP contribution in [0.5, 0.6) is 0 Å². The van der Waals surface area contributed by atoms with Crippen LogP contribution in [-0.2, 0) is 17.1 Å². The maximum Gasteiger partial charge on any atom is 0.230 e. The van der Waals surface area contributed by atoms with Crippen molar-refractivity contribution < 1.29 is 4.79 Å². The highest BCUT2D eigenvalue weighted by atomic mass is 32.2. The summed E-state index contributed by atoms with van der Waals surface area (Å²) in [4.78, 5) is 16.5. The largest absolute Gasteiger partial charge is 0.351 e. The standard InChI is InChI=1S/C24H22N4OS/c29-23(18-30-17-19-8-7-13-25-14-19)26-15-21-16-28(22-11-5-2-6-12-22)27-24(21)20-9-3-1-4-10-20/h1-14,16H,15,17-18H2,(H,26,29). The number of carbonyl (C=O) groups excluding carboxylic acids is 1. The van der Waals surface area contributed by atoms with E-state index in [0.717, 1.165) is 33.8 Å². The molecule has 4 rings (SSSR count). The average molecular weight is 415 g/mol. The molecule has 150 valence electrons. The van der Waals surface area contributed by atoms with Crippen molar-refractivity contribution in [3.8, 4) is 16.9 Å². The number of thioether (sulfide) groups is 1. The molecule has 0 bridgehead atoms. The fraction of sp³-hybridized carbons (Fsp3) is 0.125. The normalized spacial score (nSPS) is 10.7. The molecule has 0 radical (unpaired) electrons. The van der Waals surface area contributed by atoms with E-state index in [1.165, 1.54) is 0 Å². The third kappa shape index (κ3) is 5.15. The van der Waals surface area contributed by atoms with Crippen molar-refractivity contribution in [1.29, 1.82) is 0 Å². The van der Waals surface area contributed by atoms with Crippen LogP contribution < -0.4 is 5.32 Å². The van der Waals surface area contributed by atoms with Gasteiger partial charge in [0.1, 0.15) is 0 Å². The maximum absolute atomic E-state index is 12.4. The molecule has 1 amide bonds. The molecule has 6 heteroatoms. The number of hydrogen-bond acceptors (Lipinski definition) is 4. The lowest BCUT2D eigenvalue weighted by molar-refractivity contribution is -0.118. The van der Waals surface area contributed by atoms with Gasteiger partial charge in [-0.2, -0.15) is 5.10 Å². The highest BCUT2D eigenvalue weighted by Crippen LogP contribution is 2.23. The maximum atomic E-state index is 12.4. The molecule has 0 aliphatic rings. The second kappa shape index (κ2) is 9.89. The molecule has 2 aromatic carbocycles. The van der Waals surface area contributed by atoms with Crippen LogP contribution in [0.3, 0.4) is 0 Å². The highest BCUT2D eigenvalue weighted by Gasteiger charge is 2.13. The molecule has 0 unspecified atom stereocenters. The molecule has 0 atom stereocenters. The Balaban J connectivity index is 1.43. The molecule has 0 saturated heterocycles. The minimum atomic E-state index is 0.00960. The zero-order chi connectivity index (χ0) is 20.6. The number of pyridine rings is 1. The number of amides is 1. The van der Waals surface area contributed by atoms with Gasteiger partial charge in [-0.25, -0.2) is 4.68 Å². The Labute approximate surface area is 180 Å². The van der Waals surface area contributed by atoms with Gasteiger partial charge in [-0.3, -0.25) is 9.78 Å². The van der Waals surface area contributed by atoms with Crippen molar-refractivity contribution in [3.63, 3.8) is 0 Å². The lowest BCUT2D eigenvalue weighted by atomic mass is 10.1. The van der Waals surface area contributed by atoms with E-state index in [1.807, 2.05) is 89.9 Å². The molecule has 1 N–H and O–H groups in total. The number of nitrogens with one attached hydrogen (secondary N) is 1. The third-order valence-electron chi connectivity index (χ3n) is 4.56. The molecule has 0 aliphatic heterocycles. The molecule has 0 fully saturated rings. The van der Waals surface area contributed by atoms with Gasteiger partial charge >= 0.3 is 0 Å². The van der Waals surface area contributed by atoms with E-state index in [9.17, 15) is 4.79 Å². The number of hydrogen-bond donors (Lipinski definition) is 1. The minimum absolute atomic E-state index is 0.00960. The van der Waals surface area contributed by atoms with Crippen molar-refractivity contribution in [2.75, 3.05) is 5.75 Å². The van der Waals surface area contributed by atoms with Crippen molar-refractivity contribution in [2.24, 2.45) is 0 Å². The number of aromatic nitrogens is 3. The molecular formula is C24H22N4OS. The Hall–Kier alpha value is -3.38. The molecular weight excluding hydrogens is 392 g/mol. The molecule has 4 aromatic rings. The van der Waals surface area contributed by atoms with Crippen LogP contribution in [0, 0.1) is 0 Å². The van der Waals surface area contributed by atoms with Gasteiger partial charge in [-0.05, 0) is 23.8 Å². The summed E-state index contributed by atoms with van der Waals surface area (Å²) >= 11 is 1.58. The summed E-state index contributed by atoms with van der Waals surface area (Å²) in [7, 11) is 0. The van der Waals surface area contributed by atoms with E-state index >= 15 is 0 Å². The van der Waals surface area contributed by atoms with Gasteiger partial charge in [0.25, 0.3) is 0 Å². The summed E-state index contributed by atoms with van der Waals surface area (Å²) in [6.45, 7) is 0.434. The fourth-order valence-corrected chi connectivity index (χ4v) is 3.88. The predicted octanol–water partition coefficient (Wildman–Crippen LogP) is 4.48. The van der Waals surface area contributed by atoms with Gasteiger partial charge in [-0.1, -0.05) is 54.6 Å². The lowest BCUT2D eigenvalue weighted by Crippen LogP contribution is -2.24. The molecule has 2 heterocycles. The number of nitrogens with zero attached hydrogens (tertiary/aromatic N) is 3. The molecule has 30 heavy (non-hydrogen) atoms. The van der Waals surface area contributed by atoms with Gasteiger partial charge in [0.2, 0.25) is 5.91 Å². The van der Waals surface area contributed by atoms with Crippen molar-refractivity contribution in [1.82, 2.24) is 20.1 Å². The van der Waals surface area contributed by atoms with Gasteiger partial charge in [0, 0.05) is 42.0 Å². The monoisotopic (exact) mass is 414 g/mol. The molecule has 0 aliphatic carbocycles. The Bertz CT molecular complexity index is 1080. The third-order valence-corrected chi connectivity index (χ3v) is 5.56. The Kier molecular flexibility index (Phi) is 6.57. The molecule has 0 spiro atoms. The van der Waals surface area contributed by atoms with Crippen LogP contribution in [0.2, 0.25) is 0 Å². The van der Waals surface area contributed by atoms with Crippen LogP contribution in [0.1, 0.15) is 11.1 Å². The van der Waals surface area contributed by atoms with E-state index in [1.54, 1.807) is 18.0 Å². The summed E-state index contributed by atoms with van der Waals surface area (Å²) in [6, 6.07) is 23.9. The highest BCUT2D eigenvalue weighted by molar-refractivity contribution is 7.99. The van der Waals surface area contributed by atoms with E-state index < -0.39 is 0 Å². The Morgan fingerprint density at radius 2 is 1.73 bits per heavy atom. The van der Waals surface area contributed by atoms with E-state index in [4.69, 9.17) is 5.10 Å². The summed E-state index contributed by atoms with van der Waals surface area (Å²) in [5.74, 6) is 1.18. The quantitative estimate of drug-likeness (QED) is 0.462. The van der Waals surface area contributed by atoms with Crippen molar-refractivity contribution in [2.45, 2.75) is 12.3 Å². The average Bonchev–Trinajstić information content (AvgIpc) is 3.24. The van der Waals surface area contributed by atoms with E-state index in [0.29, 0.717) is 12.3 Å². The smallest absolute Gasteiger partial charge is 0.230 e. The topological polar surface area (TPSA) is 59.8 Å². The van der Waals surface area contributed by atoms with Crippen LogP contribution in [0.25, 0.3) is 16.9 Å². The first-order valence-corrected chi connectivity index (χ1v) is 10.9. The molecule has 0 saturated carbocycles. The number of carbonyl (C=O) groups is 1. The lowest BCUT2D eigenvalue weighted by Gasteiger charge is -2.06. The zero-order valence-electron chi connectivity index (χ0n) is 16.4. The van der Waals surface area contributed by atoms with Crippen LogP contribution in [0.15, 0.2) is 91.4 Å². The molecule has 2 aromatic heterocycles. The van der Waals surface area contributed by atoms with Crippen LogP contribution in [0.4, 0.5) is 0 Å². The summed E-state index contributed by atoms with van der Waals surface area (Å²) in [5, 5.41) is 7.82. The summed E-state index contributed by atoms with van der Waals surface area (Å²) in [5.41, 5.74) is 4.99. The predicted molar refractivity (Wildman–Crippen MR) is 121 cm³/mol. The van der Waals surface area contributed by atoms with Crippen LogP contribution >= 0.6 is 11.8 Å². The van der Waals surface area contributed by atoms with Gasteiger partial charge in [-0.15, -0.1) is 11.8 Å². The first kappa shape index (κ1) is 19.9. The SMILES string of the molecule is O=C(CSCc1cccnc1)NCc1cn(-c2ccccc2)nc1-c1ccccc1. The Morgan fingerprint density at radius 3 is 2.47 bits per heavy atom. The van der Waals surface area contributed by atoms with Gasteiger partial charge in [0.05, 0.1) is 17.1 Å². The van der Waals surface area contributed by atoms with Crippen LogP contribution in [-0.4, -0.2) is 26.4 Å². The first-order valence-electron chi connectivity index (χ1n) is 9.72.